The third kappa shape index (κ3) is 3.18. The molecule has 0 saturated heterocycles. The Kier molecular flexibility index (Phi) is 3.53. The van der Waals surface area contributed by atoms with Crippen LogP contribution in [0.1, 0.15) is 11.8 Å². The third-order valence-corrected chi connectivity index (χ3v) is 3.13. The summed E-state index contributed by atoms with van der Waals surface area (Å²) in [5.41, 5.74) is 0. The zero-order valence-corrected chi connectivity index (χ0v) is 9.57. The van der Waals surface area contributed by atoms with Crippen LogP contribution in [0, 0.1) is 0 Å². The Hall–Kier alpha value is -1.13. The van der Waals surface area contributed by atoms with Crippen molar-refractivity contribution in [2.24, 2.45) is 0 Å². The second kappa shape index (κ2) is 5.09. The summed E-state index contributed by atoms with van der Waals surface area (Å²) in [6.07, 6.45) is 5.65. The summed E-state index contributed by atoms with van der Waals surface area (Å²) in [4.78, 5) is 5.40. The van der Waals surface area contributed by atoms with Gasteiger partial charge in [0.05, 0.1) is 6.33 Å². The monoisotopic (exact) mass is 221 g/mol. The average molecular weight is 221 g/mol. The smallest absolute Gasteiger partial charge is 0.0946 e. The molecule has 0 amide bonds. The zero-order valence-electron chi connectivity index (χ0n) is 8.76. The van der Waals surface area contributed by atoms with Crippen molar-refractivity contribution in [1.82, 2.24) is 14.9 Å². The first-order valence-electron chi connectivity index (χ1n) is 5.06. The van der Waals surface area contributed by atoms with Crippen LogP contribution in [-0.4, -0.2) is 15.6 Å². The molecule has 15 heavy (non-hydrogen) atoms. The summed E-state index contributed by atoms with van der Waals surface area (Å²) in [6.45, 7) is 4.10. The van der Waals surface area contributed by atoms with Crippen molar-refractivity contribution < 1.29 is 0 Å². The largest absolute Gasteiger partial charge is 0.336 e. The van der Waals surface area contributed by atoms with Crippen molar-refractivity contribution in [2.45, 2.75) is 26.1 Å². The van der Waals surface area contributed by atoms with Gasteiger partial charge in [0.25, 0.3) is 0 Å². The van der Waals surface area contributed by atoms with E-state index in [1.54, 1.807) is 11.3 Å². The van der Waals surface area contributed by atoms with Gasteiger partial charge in [-0.3, -0.25) is 0 Å². The van der Waals surface area contributed by atoms with Gasteiger partial charge in [-0.1, -0.05) is 6.07 Å². The van der Waals surface area contributed by atoms with Crippen LogP contribution in [0.5, 0.6) is 0 Å². The number of thiophene rings is 1. The molecule has 3 nitrogen and oxygen atoms in total. The van der Waals surface area contributed by atoms with Crippen LogP contribution in [0.15, 0.2) is 36.2 Å². The highest BCUT2D eigenvalue weighted by Gasteiger charge is 2.02. The van der Waals surface area contributed by atoms with Crippen LogP contribution in [0.4, 0.5) is 0 Å². The van der Waals surface area contributed by atoms with Gasteiger partial charge in [-0.05, 0) is 18.4 Å². The molecule has 2 aromatic rings. The summed E-state index contributed by atoms with van der Waals surface area (Å²) >= 11 is 1.79. The lowest BCUT2D eigenvalue weighted by atomic mass is 10.3. The van der Waals surface area contributed by atoms with Crippen LogP contribution in [0.2, 0.25) is 0 Å². The summed E-state index contributed by atoms with van der Waals surface area (Å²) < 4.78 is 2.09. The number of nitrogens with one attached hydrogen (secondary N) is 1. The molecule has 0 spiro atoms. The fourth-order valence-electron chi connectivity index (χ4n) is 1.46. The molecule has 2 aromatic heterocycles. The minimum atomic E-state index is 0.460. The highest BCUT2D eigenvalue weighted by molar-refractivity contribution is 7.09. The van der Waals surface area contributed by atoms with E-state index in [1.165, 1.54) is 4.88 Å². The second-order valence-corrected chi connectivity index (χ2v) is 4.65. The van der Waals surface area contributed by atoms with Crippen molar-refractivity contribution in [3.8, 4) is 0 Å². The fourth-order valence-corrected chi connectivity index (χ4v) is 2.12. The molecule has 0 bridgehead atoms. The molecule has 0 radical (unpaired) electrons. The van der Waals surface area contributed by atoms with Crippen LogP contribution in [0.25, 0.3) is 0 Å². The molecule has 2 rings (SSSR count). The highest BCUT2D eigenvalue weighted by Crippen LogP contribution is 2.07. The lowest BCUT2D eigenvalue weighted by Gasteiger charge is -2.13. The number of imidazole rings is 1. The molecule has 0 aliphatic carbocycles. The van der Waals surface area contributed by atoms with Gasteiger partial charge in [-0.2, -0.15) is 0 Å². The number of aromatic nitrogens is 2. The zero-order chi connectivity index (χ0) is 10.5. The van der Waals surface area contributed by atoms with Gasteiger partial charge in [-0.15, -0.1) is 11.3 Å². The Morgan fingerprint density at radius 1 is 1.60 bits per heavy atom. The van der Waals surface area contributed by atoms with E-state index in [9.17, 15) is 0 Å². The maximum Gasteiger partial charge on any atom is 0.0946 e. The normalized spacial score (nSPS) is 12.9. The lowest BCUT2D eigenvalue weighted by molar-refractivity contribution is 0.478. The lowest BCUT2D eigenvalue weighted by Crippen LogP contribution is -2.29. The molecule has 80 valence electrons. The Balaban J connectivity index is 1.76. The van der Waals surface area contributed by atoms with Gasteiger partial charge in [0.2, 0.25) is 0 Å². The molecule has 0 fully saturated rings. The molecule has 0 aromatic carbocycles. The standard InChI is InChI=1S/C11H15N3S/c1-10(8-14-5-4-12-9-14)13-7-11-3-2-6-15-11/h2-6,9-10,13H,7-8H2,1H3. The van der Waals surface area contributed by atoms with Gasteiger partial charge in [0, 0.05) is 36.4 Å². The maximum atomic E-state index is 4.02. The van der Waals surface area contributed by atoms with Crippen LogP contribution < -0.4 is 5.32 Å². The summed E-state index contributed by atoms with van der Waals surface area (Å²) in [5.74, 6) is 0. The molecule has 1 atom stereocenters. The average Bonchev–Trinajstić information content (AvgIpc) is 2.86. The summed E-state index contributed by atoms with van der Waals surface area (Å²) in [6, 6.07) is 4.70. The molecule has 0 saturated carbocycles. The van der Waals surface area contributed by atoms with Gasteiger partial charge in [0.1, 0.15) is 0 Å². The van der Waals surface area contributed by atoms with E-state index >= 15 is 0 Å². The first kappa shape index (κ1) is 10.4. The van der Waals surface area contributed by atoms with Crippen LogP contribution in [0.3, 0.4) is 0 Å². The van der Waals surface area contributed by atoms with E-state index < -0.39 is 0 Å². The Labute approximate surface area is 93.8 Å². The van der Waals surface area contributed by atoms with E-state index in [4.69, 9.17) is 0 Å². The summed E-state index contributed by atoms with van der Waals surface area (Å²) in [7, 11) is 0. The first-order valence-corrected chi connectivity index (χ1v) is 5.94. The van der Waals surface area contributed by atoms with E-state index in [1.807, 2.05) is 18.7 Å². The quantitative estimate of drug-likeness (QED) is 0.838. The van der Waals surface area contributed by atoms with Gasteiger partial charge in [-0.25, -0.2) is 4.98 Å². The van der Waals surface area contributed by atoms with E-state index in [0.717, 1.165) is 13.1 Å². The molecule has 4 heteroatoms. The molecule has 1 unspecified atom stereocenters. The topological polar surface area (TPSA) is 29.9 Å². The van der Waals surface area contributed by atoms with E-state index in [0.29, 0.717) is 6.04 Å². The molecule has 0 aliphatic heterocycles. The molecule has 0 aliphatic rings. The molecule has 2 heterocycles. The molecular formula is C11H15N3S. The maximum absolute atomic E-state index is 4.02. The van der Waals surface area contributed by atoms with Gasteiger partial charge < -0.3 is 9.88 Å². The Morgan fingerprint density at radius 3 is 3.20 bits per heavy atom. The van der Waals surface area contributed by atoms with Crippen molar-refractivity contribution in [2.75, 3.05) is 0 Å². The Morgan fingerprint density at radius 2 is 2.53 bits per heavy atom. The van der Waals surface area contributed by atoms with Crippen molar-refractivity contribution in [3.63, 3.8) is 0 Å². The van der Waals surface area contributed by atoms with Crippen molar-refractivity contribution in [3.05, 3.63) is 41.1 Å². The SMILES string of the molecule is CC(Cn1ccnc1)NCc1cccs1. The molecule has 1 N–H and O–H groups in total. The second-order valence-electron chi connectivity index (χ2n) is 3.62. The first-order chi connectivity index (χ1) is 7.34. The fraction of sp³-hybridized carbons (Fsp3) is 0.364. The van der Waals surface area contributed by atoms with Gasteiger partial charge >= 0.3 is 0 Å². The Bertz CT molecular complexity index is 366. The minimum absolute atomic E-state index is 0.460. The van der Waals surface area contributed by atoms with E-state index in [2.05, 4.69) is 39.3 Å². The highest BCUT2D eigenvalue weighted by atomic mass is 32.1. The predicted octanol–water partition coefficient (Wildman–Crippen LogP) is 2.12. The van der Waals surface area contributed by atoms with E-state index in [-0.39, 0.29) is 0 Å². The van der Waals surface area contributed by atoms with Gasteiger partial charge in [0.15, 0.2) is 0 Å². The predicted molar refractivity (Wildman–Crippen MR) is 62.8 cm³/mol. The number of hydrogen-bond donors (Lipinski definition) is 1. The minimum Gasteiger partial charge on any atom is -0.336 e. The number of rotatable bonds is 5. The van der Waals surface area contributed by atoms with Crippen molar-refractivity contribution in [1.29, 1.82) is 0 Å². The van der Waals surface area contributed by atoms with Crippen molar-refractivity contribution >= 4 is 11.3 Å². The molecular weight excluding hydrogens is 206 g/mol. The van der Waals surface area contributed by atoms with Crippen LogP contribution >= 0.6 is 11.3 Å². The van der Waals surface area contributed by atoms with Crippen LogP contribution in [-0.2, 0) is 13.1 Å². The third-order valence-electron chi connectivity index (χ3n) is 2.25. The summed E-state index contributed by atoms with van der Waals surface area (Å²) in [5, 5.41) is 5.59. The number of hydrogen-bond acceptors (Lipinski definition) is 3. The number of nitrogens with zero attached hydrogens (tertiary/aromatic N) is 2.